The van der Waals surface area contributed by atoms with Gasteiger partial charge in [0.25, 0.3) is 0 Å². The highest BCUT2D eigenvalue weighted by atomic mass is 32.2. The van der Waals surface area contributed by atoms with Gasteiger partial charge in [-0.2, -0.15) is 0 Å². The third-order valence-electron chi connectivity index (χ3n) is 2.55. The lowest BCUT2D eigenvalue weighted by atomic mass is 9.77. The minimum Gasteiger partial charge on any atom is -0.245 e. The Hall–Kier alpha value is -0.900. The van der Waals surface area contributed by atoms with Gasteiger partial charge in [-0.25, -0.2) is 13.4 Å². The second kappa shape index (κ2) is 5.00. The molecule has 0 radical (unpaired) electrons. The third kappa shape index (κ3) is 4.77. The maximum absolute atomic E-state index is 12.3. The van der Waals surface area contributed by atoms with E-state index in [9.17, 15) is 8.42 Å². The van der Waals surface area contributed by atoms with E-state index in [1.807, 2.05) is 13.8 Å². The van der Waals surface area contributed by atoms with Gasteiger partial charge in [0, 0.05) is 6.20 Å². The molecule has 0 unspecified atom stereocenters. The Morgan fingerprint density at radius 3 is 2.17 bits per heavy atom. The molecule has 1 aromatic heterocycles. The SMILES string of the molecule is CC(C)(C)CC(C)(C)CS(=O)(=O)c1ccccn1. The smallest absolute Gasteiger partial charge is 0.196 e. The summed E-state index contributed by atoms with van der Waals surface area (Å²) in [5, 5.41) is 0.173. The lowest BCUT2D eigenvalue weighted by molar-refractivity contribution is 0.236. The Bertz CT molecular complexity index is 484. The lowest BCUT2D eigenvalue weighted by Crippen LogP contribution is -2.29. The Balaban J connectivity index is 2.90. The molecule has 1 aromatic rings. The summed E-state index contributed by atoms with van der Waals surface area (Å²) in [4.78, 5) is 3.94. The molecule has 0 aliphatic rings. The predicted octanol–water partition coefficient (Wildman–Crippen LogP) is 3.32. The van der Waals surface area contributed by atoms with Gasteiger partial charge in [-0.05, 0) is 29.4 Å². The topological polar surface area (TPSA) is 47.0 Å². The number of aromatic nitrogens is 1. The first-order valence-electron chi connectivity index (χ1n) is 6.16. The van der Waals surface area contributed by atoms with Crippen LogP contribution in [-0.2, 0) is 9.84 Å². The average molecular weight is 269 g/mol. The van der Waals surface area contributed by atoms with E-state index in [1.165, 1.54) is 6.20 Å². The minimum absolute atomic E-state index is 0.114. The van der Waals surface area contributed by atoms with E-state index < -0.39 is 9.84 Å². The highest BCUT2D eigenvalue weighted by Crippen LogP contribution is 2.35. The van der Waals surface area contributed by atoms with Crippen molar-refractivity contribution < 1.29 is 8.42 Å². The van der Waals surface area contributed by atoms with Crippen LogP contribution in [0.15, 0.2) is 29.4 Å². The molecule has 0 atom stereocenters. The van der Waals surface area contributed by atoms with Crippen molar-refractivity contribution in [2.45, 2.75) is 46.1 Å². The van der Waals surface area contributed by atoms with E-state index in [0.717, 1.165) is 6.42 Å². The van der Waals surface area contributed by atoms with Gasteiger partial charge in [0.2, 0.25) is 0 Å². The summed E-state index contributed by atoms with van der Waals surface area (Å²) in [6.45, 7) is 10.4. The van der Waals surface area contributed by atoms with Crippen LogP contribution >= 0.6 is 0 Å². The zero-order valence-corrected chi connectivity index (χ0v) is 12.7. The maximum atomic E-state index is 12.3. The van der Waals surface area contributed by atoms with Gasteiger partial charge in [0.1, 0.15) is 0 Å². The Kier molecular flexibility index (Phi) is 4.21. The van der Waals surface area contributed by atoms with Gasteiger partial charge < -0.3 is 0 Å². The summed E-state index contributed by atoms with van der Waals surface area (Å²) in [6, 6.07) is 4.98. The second-order valence-corrected chi connectivity index (χ2v) is 8.77. The first-order valence-corrected chi connectivity index (χ1v) is 7.81. The Morgan fingerprint density at radius 1 is 1.11 bits per heavy atom. The molecule has 3 nitrogen and oxygen atoms in total. The van der Waals surface area contributed by atoms with Crippen molar-refractivity contribution in [3.05, 3.63) is 24.4 Å². The van der Waals surface area contributed by atoms with Gasteiger partial charge in [-0.1, -0.05) is 40.7 Å². The molecular weight excluding hydrogens is 246 g/mol. The Labute approximate surface area is 111 Å². The molecule has 1 heterocycles. The molecule has 0 N–H and O–H groups in total. The van der Waals surface area contributed by atoms with E-state index in [0.29, 0.717) is 0 Å². The first kappa shape index (κ1) is 15.2. The van der Waals surface area contributed by atoms with Crippen LogP contribution in [0.25, 0.3) is 0 Å². The number of nitrogens with zero attached hydrogens (tertiary/aromatic N) is 1. The predicted molar refractivity (Wildman–Crippen MR) is 74.1 cm³/mol. The molecular formula is C14H23NO2S. The second-order valence-electron chi connectivity index (χ2n) is 6.83. The highest BCUT2D eigenvalue weighted by Gasteiger charge is 2.31. The van der Waals surface area contributed by atoms with Crippen molar-refractivity contribution in [1.29, 1.82) is 0 Å². The van der Waals surface area contributed by atoms with Crippen LogP contribution in [0.1, 0.15) is 41.0 Å². The minimum atomic E-state index is -3.30. The molecule has 4 heteroatoms. The fourth-order valence-electron chi connectivity index (χ4n) is 2.61. The van der Waals surface area contributed by atoms with Crippen LogP contribution in [0.4, 0.5) is 0 Å². The zero-order chi connectivity index (χ0) is 14.0. The number of sulfone groups is 1. The van der Waals surface area contributed by atoms with E-state index in [2.05, 4.69) is 25.8 Å². The van der Waals surface area contributed by atoms with Crippen LogP contribution < -0.4 is 0 Å². The van der Waals surface area contributed by atoms with Crippen molar-refractivity contribution in [2.24, 2.45) is 10.8 Å². The quantitative estimate of drug-likeness (QED) is 0.842. The fourth-order valence-corrected chi connectivity index (χ4v) is 4.39. The molecule has 0 aromatic carbocycles. The summed E-state index contributed by atoms with van der Waals surface area (Å²) in [5.41, 5.74) is -0.141. The van der Waals surface area contributed by atoms with Crippen molar-refractivity contribution in [3.8, 4) is 0 Å². The van der Waals surface area contributed by atoms with E-state index in [1.54, 1.807) is 18.2 Å². The fraction of sp³-hybridized carbons (Fsp3) is 0.643. The molecule has 0 aliphatic heterocycles. The number of hydrogen-bond donors (Lipinski definition) is 0. The van der Waals surface area contributed by atoms with Crippen LogP contribution in [0.5, 0.6) is 0 Å². The van der Waals surface area contributed by atoms with Gasteiger partial charge in [0.15, 0.2) is 14.9 Å². The zero-order valence-electron chi connectivity index (χ0n) is 11.9. The standard InChI is InChI=1S/C14H23NO2S/c1-13(2,3)10-14(4,5)11-18(16,17)12-8-6-7-9-15-12/h6-9H,10-11H2,1-5H3. The summed E-state index contributed by atoms with van der Waals surface area (Å²) in [7, 11) is -3.30. The van der Waals surface area contributed by atoms with Crippen LogP contribution in [0.2, 0.25) is 0 Å². The molecule has 0 saturated heterocycles. The average Bonchev–Trinajstić information content (AvgIpc) is 2.13. The van der Waals surface area contributed by atoms with Crippen molar-refractivity contribution in [1.82, 2.24) is 4.98 Å². The van der Waals surface area contributed by atoms with Crippen molar-refractivity contribution >= 4 is 9.84 Å². The molecule has 1 rings (SSSR count). The normalized spacial score (nSPS) is 13.6. The van der Waals surface area contributed by atoms with Crippen LogP contribution in [0.3, 0.4) is 0 Å². The van der Waals surface area contributed by atoms with Crippen LogP contribution in [-0.4, -0.2) is 19.2 Å². The van der Waals surface area contributed by atoms with Gasteiger partial charge >= 0.3 is 0 Å². The van der Waals surface area contributed by atoms with Gasteiger partial charge in [-0.15, -0.1) is 0 Å². The highest BCUT2D eigenvalue weighted by molar-refractivity contribution is 7.91. The monoisotopic (exact) mass is 269 g/mol. The molecule has 18 heavy (non-hydrogen) atoms. The van der Waals surface area contributed by atoms with Gasteiger partial charge in [0.05, 0.1) is 5.75 Å². The molecule has 102 valence electrons. The van der Waals surface area contributed by atoms with Crippen LogP contribution in [0, 0.1) is 10.8 Å². The van der Waals surface area contributed by atoms with Crippen molar-refractivity contribution in [3.63, 3.8) is 0 Å². The van der Waals surface area contributed by atoms with Crippen molar-refractivity contribution in [2.75, 3.05) is 5.75 Å². The van der Waals surface area contributed by atoms with Gasteiger partial charge in [-0.3, -0.25) is 0 Å². The largest absolute Gasteiger partial charge is 0.245 e. The lowest BCUT2D eigenvalue weighted by Gasteiger charge is -2.31. The number of pyridine rings is 1. The molecule has 0 amide bonds. The molecule has 0 saturated carbocycles. The number of rotatable bonds is 4. The molecule has 0 spiro atoms. The summed E-state index contributed by atoms with van der Waals surface area (Å²) < 4.78 is 24.5. The molecule has 0 aliphatic carbocycles. The summed E-state index contributed by atoms with van der Waals surface area (Å²) in [5.74, 6) is 0.133. The summed E-state index contributed by atoms with van der Waals surface area (Å²) in [6.07, 6.45) is 2.37. The molecule has 0 bridgehead atoms. The Morgan fingerprint density at radius 2 is 1.72 bits per heavy atom. The maximum Gasteiger partial charge on any atom is 0.196 e. The third-order valence-corrected chi connectivity index (χ3v) is 4.59. The van der Waals surface area contributed by atoms with E-state index >= 15 is 0 Å². The summed E-state index contributed by atoms with van der Waals surface area (Å²) >= 11 is 0. The van der Waals surface area contributed by atoms with E-state index in [4.69, 9.17) is 0 Å². The first-order chi connectivity index (χ1) is 8.02. The molecule has 0 fully saturated rings. The number of hydrogen-bond acceptors (Lipinski definition) is 3. The van der Waals surface area contributed by atoms with E-state index in [-0.39, 0.29) is 21.6 Å².